The van der Waals surface area contributed by atoms with E-state index in [2.05, 4.69) is 5.32 Å². The minimum absolute atomic E-state index is 0.00741. The van der Waals surface area contributed by atoms with Gasteiger partial charge in [0.05, 0.1) is 17.2 Å². The Morgan fingerprint density at radius 1 is 0.951 bits per heavy atom. The third-order valence-electron chi connectivity index (χ3n) is 6.79. The first kappa shape index (κ1) is 31.6. The third kappa shape index (κ3) is 8.07. The summed E-state index contributed by atoms with van der Waals surface area (Å²) in [6.07, 6.45) is 0.681. The first-order valence-corrected chi connectivity index (χ1v) is 15.1. The molecule has 0 aromatic heterocycles. The molecule has 3 aromatic carbocycles. The van der Waals surface area contributed by atoms with Crippen LogP contribution in [0.25, 0.3) is 0 Å². The van der Waals surface area contributed by atoms with E-state index >= 15 is 0 Å². The predicted molar refractivity (Wildman–Crippen MR) is 158 cm³/mol. The van der Waals surface area contributed by atoms with E-state index in [0.29, 0.717) is 18.8 Å². The number of nitrogens with one attached hydrogen (secondary N) is 1. The molecule has 41 heavy (non-hydrogen) atoms. The Hall–Kier alpha value is -3.92. The van der Waals surface area contributed by atoms with Crippen LogP contribution in [0.5, 0.6) is 5.75 Å². The molecule has 0 bridgehead atoms. The zero-order valence-electron chi connectivity index (χ0n) is 24.1. The van der Waals surface area contributed by atoms with Gasteiger partial charge in [-0.2, -0.15) is 0 Å². The molecular formula is C31H38FN3O5S. The number of sulfonamides is 1. The summed E-state index contributed by atoms with van der Waals surface area (Å²) in [4.78, 5) is 28.3. The summed E-state index contributed by atoms with van der Waals surface area (Å²) in [5.41, 5.74) is 1.33. The highest BCUT2D eigenvalue weighted by Gasteiger charge is 2.33. The minimum Gasteiger partial charge on any atom is -0.494 e. The molecule has 2 unspecified atom stereocenters. The summed E-state index contributed by atoms with van der Waals surface area (Å²) in [6.45, 7) is 8.59. The van der Waals surface area contributed by atoms with Gasteiger partial charge in [-0.1, -0.05) is 42.8 Å². The van der Waals surface area contributed by atoms with Crippen molar-refractivity contribution in [2.45, 2.75) is 64.6 Å². The van der Waals surface area contributed by atoms with Crippen LogP contribution in [0.4, 0.5) is 10.1 Å². The number of hydrogen-bond donors (Lipinski definition) is 1. The molecule has 220 valence electrons. The van der Waals surface area contributed by atoms with Crippen LogP contribution in [0.15, 0.2) is 77.7 Å². The van der Waals surface area contributed by atoms with Crippen LogP contribution in [-0.2, 0) is 26.2 Å². The van der Waals surface area contributed by atoms with Crippen LogP contribution in [0.3, 0.4) is 0 Å². The molecule has 0 saturated carbocycles. The van der Waals surface area contributed by atoms with Crippen molar-refractivity contribution in [1.29, 1.82) is 0 Å². The Bertz CT molecular complexity index is 1430. The summed E-state index contributed by atoms with van der Waals surface area (Å²) >= 11 is 0. The number of nitrogens with zero attached hydrogens (tertiary/aromatic N) is 2. The number of benzene rings is 3. The van der Waals surface area contributed by atoms with E-state index in [-0.39, 0.29) is 28.7 Å². The lowest BCUT2D eigenvalue weighted by atomic mass is 10.1. The van der Waals surface area contributed by atoms with Gasteiger partial charge in [0.25, 0.3) is 10.0 Å². The van der Waals surface area contributed by atoms with Crippen molar-refractivity contribution < 1.29 is 27.1 Å². The van der Waals surface area contributed by atoms with Gasteiger partial charge in [-0.25, -0.2) is 12.8 Å². The third-order valence-corrected chi connectivity index (χ3v) is 8.58. The van der Waals surface area contributed by atoms with E-state index in [0.717, 1.165) is 9.87 Å². The van der Waals surface area contributed by atoms with Gasteiger partial charge in [-0.3, -0.25) is 13.9 Å². The molecule has 0 fully saturated rings. The number of carbonyl (C=O) groups excluding carboxylic acids is 2. The predicted octanol–water partition coefficient (Wildman–Crippen LogP) is 5.06. The maximum absolute atomic E-state index is 14.7. The molecule has 3 rings (SSSR count). The van der Waals surface area contributed by atoms with Crippen molar-refractivity contribution in [3.05, 3.63) is 89.7 Å². The number of amides is 2. The van der Waals surface area contributed by atoms with Crippen molar-refractivity contribution in [3.63, 3.8) is 0 Å². The van der Waals surface area contributed by atoms with Gasteiger partial charge in [0.2, 0.25) is 11.8 Å². The smallest absolute Gasteiger partial charge is 0.264 e. The van der Waals surface area contributed by atoms with Crippen LogP contribution < -0.4 is 14.4 Å². The molecule has 0 aliphatic heterocycles. The van der Waals surface area contributed by atoms with Gasteiger partial charge < -0.3 is 15.0 Å². The average Bonchev–Trinajstić information content (AvgIpc) is 2.95. The van der Waals surface area contributed by atoms with Crippen molar-refractivity contribution >= 4 is 27.5 Å². The van der Waals surface area contributed by atoms with Crippen molar-refractivity contribution in [2.24, 2.45) is 0 Å². The minimum atomic E-state index is -4.20. The van der Waals surface area contributed by atoms with Gasteiger partial charge in [-0.05, 0) is 76.6 Å². The van der Waals surface area contributed by atoms with Crippen LogP contribution in [0, 0.1) is 12.7 Å². The van der Waals surface area contributed by atoms with Crippen LogP contribution in [0.2, 0.25) is 0 Å². The fraction of sp³-hybridized carbons (Fsp3) is 0.355. The topological polar surface area (TPSA) is 96.0 Å². The SMILES string of the molecule is CCOc1ccc(N(CC(=O)N(Cc2ccccc2F)C(C)C(=O)NC(C)CC)S(=O)(=O)c2ccc(C)cc2)cc1. The maximum Gasteiger partial charge on any atom is 0.264 e. The lowest BCUT2D eigenvalue weighted by Gasteiger charge is -2.32. The van der Waals surface area contributed by atoms with Crippen LogP contribution in [0.1, 0.15) is 45.2 Å². The van der Waals surface area contributed by atoms with E-state index in [4.69, 9.17) is 4.74 Å². The summed E-state index contributed by atoms with van der Waals surface area (Å²) in [5, 5.41) is 2.86. The second-order valence-electron chi connectivity index (χ2n) is 9.86. The summed E-state index contributed by atoms with van der Waals surface area (Å²) in [6, 6.07) is 17.5. The zero-order chi connectivity index (χ0) is 30.2. The number of anilines is 1. The summed E-state index contributed by atoms with van der Waals surface area (Å²) in [5.74, 6) is -1.06. The molecule has 3 aromatic rings. The number of carbonyl (C=O) groups is 2. The molecule has 0 radical (unpaired) electrons. The molecule has 2 atom stereocenters. The fourth-order valence-corrected chi connectivity index (χ4v) is 5.51. The highest BCUT2D eigenvalue weighted by Crippen LogP contribution is 2.27. The summed E-state index contributed by atoms with van der Waals surface area (Å²) in [7, 11) is -4.20. The number of halogens is 1. The Morgan fingerprint density at radius 3 is 2.17 bits per heavy atom. The first-order valence-electron chi connectivity index (χ1n) is 13.6. The Balaban J connectivity index is 2.04. The Kier molecular flexibility index (Phi) is 10.9. The molecular weight excluding hydrogens is 545 g/mol. The van der Waals surface area contributed by atoms with Gasteiger partial charge in [0, 0.05) is 18.2 Å². The average molecular weight is 584 g/mol. The van der Waals surface area contributed by atoms with Crippen LogP contribution >= 0.6 is 0 Å². The number of aryl methyl sites for hydroxylation is 1. The molecule has 0 aliphatic carbocycles. The molecule has 0 spiro atoms. The molecule has 2 amide bonds. The first-order chi connectivity index (χ1) is 19.5. The van der Waals surface area contributed by atoms with E-state index in [9.17, 15) is 22.4 Å². The van der Waals surface area contributed by atoms with Gasteiger partial charge >= 0.3 is 0 Å². The Morgan fingerprint density at radius 2 is 1.59 bits per heavy atom. The lowest BCUT2D eigenvalue weighted by Crippen LogP contribution is -2.52. The molecule has 10 heteroatoms. The molecule has 0 aliphatic rings. The van der Waals surface area contributed by atoms with Crippen molar-refractivity contribution in [1.82, 2.24) is 10.2 Å². The quantitative estimate of drug-likeness (QED) is 0.304. The largest absolute Gasteiger partial charge is 0.494 e. The number of ether oxygens (including phenoxy) is 1. The van der Waals surface area contributed by atoms with Crippen LogP contribution in [-0.4, -0.2) is 50.4 Å². The van der Waals surface area contributed by atoms with E-state index in [1.54, 1.807) is 49.4 Å². The zero-order valence-corrected chi connectivity index (χ0v) is 24.9. The molecule has 1 N–H and O–H groups in total. The number of rotatable bonds is 13. The second kappa shape index (κ2) is 14.1. The molecule has 0 saturated heterocycles. The standard InChI is InChI=1S/C31H38FN3O5S/c1-6-23(4)33-31(37)24(5)34(20-25-10-8-9-11-29(25)32)30(36)21-35(26-14-16-27(17-15-26)40-7-2)41(38,39)28-18-12-22(3)13-19-28/h8-19,23-24H,6-7,20-21H2,1-5H3,(H,33,37). The van der Waals surface area contributed by atoms with E-state index < -0.39 is 40.2 Å². The van der Waals surface area contributed by atoms with E-state index in [1.165, 1.54) is 35.2 Å². The van der Waals surface area contributed by atoms with Gasteiger partial charge in [0.15, 0.2) is 0 Å². The second-order valence-corrected chi connectivity index (χ2v) is 11.7. The highest BCUT2D eigenvalue weighted by molar-refractivity contribution is 7.92. The molecule has 0 heterocycles. The summed E-state index contributed by atoms with van der Waals surface area (Å²) < 4.78 is 49.0. The van der Waals surface area contributed by atoms with Gasteiger partial charge in [-0.15, -0.1) is 0 Å². The highest BCUT2D eigenvalue weighted by atomic mass is 32.2. The lowest BCUT2D eigenvalue weighted by molar-refractivity contribution is -0.139. The number of hydrogen-bond acceptors (Lipinski definition) is 5. The normalized spacial score (nSPS) is 12.7. The maximum atomic E-state index is 14.7. The van der Waals surface area contributed by atoms with Gasteiger partial charge in [0.1, 0.15) is 24.2 Å². The molecule has 8 nitrogen and oxygen atoms in total. The fourth-order valence-electron chi connectivity index (χ4n) is 4.10. The van der Waals surface area contributed by atoms with E-state index in [1.807, 2.05) is 27.7 Å². The van der Waals surface area contributed by atoms with Crippen molar-refractivity contribution in [3.8, 4) is 5.75 Å². The Labute approximate surface area is 242 Å². The van der Waals surface area contributed by atoms with Crippen molar-refractivity contribution in [2.75, 3.05) is 17.5 Å². The monoisotopic (exact) mass is 583 g/mol.